The van der Waals surface area contributed by atoms with E-state index in [-0.39, 0.29) is 10.7 Å². The van der Waals surface area contributed by atoms with Crippen LogP contribution in [-0.4, -0.2) is 23.5 Å². The van der Waals surface area contributed by atoms with E-state index >= 15 is 0 Å². The summed E-state index contributed by atoms with van der Waals surface area (Å²) in [7, 11) is 0. The van der Waals surface area contributed by atoms with Gasteiger partial charge in [-0.25, -0.2) is 0 Å². The summed E-state index contributed by atoms with van der Waals surface area (Å²) in [6.07, 6.45) is 4.24. The van der Waals surface area contributed by atoms with Crippen molar-refractivity contribution < 1.29 is 4.79 Å². The highest BCUT2D eigenvalue weighted by atomic mass is 79.9. The monoisotopic (exact) mass is 343 g/mol. The molecule has 2 nitrogen and oxygen atoms in total. The Hall–Kier alpha value is -0.480. The predicted octanol–water partition coefficient (Wildman–Crippen LogP) is 4.23. The van der Waals surface area contributed by atoms with Crippen molar-refractivity contribution in [3.63, 3.8) is 0 Å². The minimum atomic E-state index is 0.0152. The second-order valence-corrected chi connectivity index (χ2v) is 6.44. The van der Waals surface area contributed by atoms with Gasteiger partial charge in [-0.15, -0.1) is 0 Å². The number of nitrogens with one attached hydrogen (secondary N) is 1. The number of thioether (sulfide) groups is 1. The van der Waals surface area contributed by atoms with Gasteiger partial charge in [-0.1, -0.05) is 41.9 Å². The van der Waals surface area contributed by atoms with Crippen LogP contribution in [0.5, 0.6) is 0 Å². The molecule has 0 aliphatic heterocycles. The zero-order valence-electron chi connectivity index (χ0n) is 11.8. The highest BCUT2D eigenvalue weighted by Crippen LogP contribution is 2.29. The Kier molecular flexibility index (Phi) is 6.94. The quantitative estimate of drug-likeness (QED) is 0.750. The van der Waals surface area contributed by atoms with Gasteiger partial charge in [0.15, 0.2) is 0 Å². The van der Waals surface area contributed by atoms with Crippen molar-refractivity contribution >= 4 is 33.6 Å². The van der Waals surface area contributed by atoms with Gasteiger partial charge >= 0.3 is 0 Å². The fourth-order valence-corrected chi connectivity index (χ4v) is 3.12. The second-order valence-electron chi connectivity index (χ2n) is 4.61. The molecule has 1 N–H and O–H groups in total. The Balaban J connectivity index is 2.63. The average Bonchev–Trinajstić information content (AvgIpc) is 2.49. The van der Waals surface area contributed by atoms with E-state index in [0.29, 0.717) is 0 Å². The highest BCUT2D eigenvalue weighted by Gasteiger charge is 2.25. The minimum Gasteiger partial charge on any atom is -0.351 e. The molecular weight excluding hydrogens is 322 g/mol. The first-order valence-electron chi connectivity index (χ1n) is 6.59. The number of rotatable bonds is 7. The number of carbonyl (C=O) groups is 1. The summed E-state index contributed by atoms with van der Waals surface area (Å²) in [4.78, 5) is 12.1. The Morgan fingerprint density at radius 3 is 2.26 bits per heavy atom. The Labute approximate surface area is 128 Å². The van der Waals surface area contributed by atoms with E-state index in [2.05, 4.69) is 41.3 Å². The first-order chi connectivity index (χ1) is 9.10. The Bertz CT molecular complexity index is 393. The molecule has 0 aliphatic rings. The Morgan fingerprint density at radius 2 is 1.84 bits per heavy atom. The van der Waals surface area contributed by atoms with E-state index in [9.17, 15) is 4.79 Å². The lowest BCUT2D eigenvalue weighted by molar-refractivity contribution is 0.0949. The molecule has 1 aromatic rings. The Morgan fingerprint density at radius 1 is 1.26 bits per heavy atom. The van der Waals surface area contributed by atoms with E-state index in [0.717, 1.165) is 30.3 Å². The molecule has 0 saturated heterocycles. The smallest absolute Gasteiger partial charge is 0.251 e. The molecule has 4 heteroatoms. The van der Waals surface area contributed by atoms with E-state index in [1.54, 1.807) is 0 Å². The fourth-order valence-electron chi connectivity index (χ4n) is 1.95. The van der Waals surface area contributed by atoms with Gasteiger partial charge in [0.25, 0.3) is 5.91 Å². The van der Waals surface area contributed by atoms with Crippen LogP contribution in [-0.2, 0) is 5.33 Å². The molecule has 0 heterocycles. The molecular formula is C15H22BrNOS. The summed E-state index contributed by atoms with van der Waals surface area (Å²) in [6.45, 7) is 5.08. The molecule has 0 saturated carbocycles. The van der Waals surface area contributed by atoms with Gasteiger partial charge < -0.3 is 5.32 Å². The molecule has 0 atom stereocenters. The van der Waals surface area contributed by atoms with Gasteiger partial charge in [-0.2, -0.15) is 11.8 Å². The maximum atomic E-state index is 12.1. The van der Waals surface area contributed by atoms with Crippen molar-refractivity contribution in [2.45, 2.75) is 36.8 Å². The maximum absolute atomic E-state index is 12.1. The summed E-state index contributed by atoms with van der Waals surface area (Å²) in [5.74, 6) is 0.0152. The van der Waals surface area contributed by atoms with Crippen LogP contribution in [0.1, 0.15) is 42.6 Å². The number of hydrogen-bond donors (Lipinski definition) is 1. The van der Waals surface area contributed by atoms with Gasteiger partial charge in [0.05, 0.1) is 0 Å². The summed E-state index contributed by atoms with van der Waals surface area (Å²) < 4.78 is 0.158. The first-order valence-corrected chi connectivity index (χ1v) is 8.93. The van der Waals surface area contributed by atoms with E-state index in [1.807, 2.05) is 36.0 Å². The van der Waals surface area contributed by atoms with Crippen molar-refractivity contribution in [1.29, 1.82) is 0 Å². The molecule has 0 bridgehead atoms. The largest absolute Gasteiger partial charge is 0.351 e. The third-order valence-electron chi connectivity index (χ3n) is 3.66. The van der Waals surface area contributed by atoms with Crippen molar-refractivity contribution in [2.24, 2.45) is 0 Å². The highest BCUT2D eigenvalue weighted by molar-refractivity contribution is 9.08. The zero-order chi connectivity index (χ0) is 14.3. The maximum Gasteiger partial charge on any atom is 0.251 e. The van der Waals surface area contributed by atoms with Gasteiger partial charge in [-0.3, -0.25) is 4.79 Å². The van der Waals surface area contributed by atoms with Crippen molar-refractivity contribution in [3.05, 3.63) is 35.4 Å². The normalized spacial score (nSPS) is 11.4. The standard InChI is InChI=1S/C15H22BrNOS/c1-4-15(5-2,19-3)11-17-14(18)13-8-6-12(10-16)7-9-13/h6-9H,4-5,10-11H2,1-3H3,(H,17,18). The molecule has 106 valence electrons. The van der Waals surface area contributed by atoms with E-state index in [1.165, 1.54) is 5.56 Å². The van der Waals surface area contributed by atoms with Gasteiger partial charge in [0.1, 0.15) is 0 Å². The number of carbonyl (C=O) groups excluding carboxylic acids is 1. The second kappa shape index (κ2) is 7.95. The molecule has 0 spiro atoms. The third kappa shape index (κ3) is 4.53. The minimum absolute atomic E-state index is 0.0152. The van der Waals surface area contributed by atoms with Crippen molar-refractivity contribution in [2.75, 3.05) is 12.8 Å². The summed E-state index contributed by atoms with van der Waals surface area (Å²) in [5.41, 5.74) is 1.91. The SMILES string of the molecule is CCC(CC)(CNC(=O)c1ccc(CBr)cc1)SC. The number of halogens is 1. The predicted molar refractivity (Wildman–Crippen MR) is 88.2 cm³/mol. The van der Waals surface area contributed by atoms with Crippen LogP contribution in [0.25, 0.3) is 0 Å². The topological polar surface area (TPSA) is 29.1 Å². The van der Waals surface area contributed by atoms with Crippen LogP contribution < -0.4 is 5.32 Å². The lowest BCUT2D eigenvalue weighted by Gasteiger charge is -2.29. The molecule has 1 amide bonds. The fraction of sp³-hybridized carbons (Fsp3) is 0.533. The molecule has 0 fully saturated rings. The summed E-state index contributed by atoms with van der Waals surface area (Å²) in [6, 6.07) is 7.71. The summed E-state index contributed by atoms with van der Waals surface area (Å²) in [5, 5.41) is 3.87. The number of hydrogen-bond acceptors (Lipinski definition) is 2. The third-order valence-corrected chi connectivity index (χ3v) is 5.90. The van der Waals surface area contributed by atoms with Crippen LogP contribution in [0.3, 0.4) is 0 Å². The van der Waals surface area contributed by atoms with Crippen molar-refractivity contribution in [3.8, 4) is 0 Å². The van der Waals surface area contributed by atoms with E-state index < -0.39 is 0 Å². The average molecular weight is 344 g/mol. The van der Waals surface area contributed by atoms with Crippen LogP contribution in [0.15, 0.2) is 24.3 Å². The first kappa shape index (κ1) is 16.6. The van der Waals surface area contributed by atoms with Gasteiger partial charge in [0.2, 0.25) is 0 Å². The van der Waals surface area contributed by atoms with E-state index in [4.69, 9.17) is 0 Å². The molecule has 1 rings (SSSR count). The lowest BCUT2D eigenvalue weighted by Crippen LogP contribution is -2.39. The molecule has 0 radical (unpaired) electrons. The van der Waals surface area contributed by atoms with Crippen LogP contribution in [0, 0.1) is 0 Å². The number of alkyl halides is 1. The zero-order valence-corrected chi connectivity index (χ0v) is 14.2. The van der Waals surface area contributed by atoms with Gasteiger partial charge in [-0.05, 0) is 36.8 Å². The van der Waals surface area contributed by atoms with Crippen molar-refractivity contribution in [1.82, 2.24) is 5.32 Å². The molecule has 0 unspecified atom stereocenters. The van der Waals surface area contributed by atoms with Crippen LogP contribution >= 0.6 is 27.7 Å². The number of benzene rings is 1. The summed E-state index contributed by atoms with van der Waals surface area (Å²) >= 11 is 5.24. The molecule has 1 aromatic carbocycles. The molecule has 0 aliphatic carbocycles. The van der Waals surface area contributed by atoms with Crippen LogP contribution in [0.2, 0.25) is 0 Å². The van der Waals surface area contributed by atoms with Crippen LogP contribution in [0.4, 0.5) is 0 Å². The molecule has 0 aromatic heterocycles. The molecule has 19 heavy (non-hydrogen) atoms. The lowest BCUT2D eigenvalue weighted by atomic mass is 10.0. The van der Waals surface area contributed by atoms with Gasteiger partial charge in [0, 0.05) is 22.2 Å². The number of amides is 1.